The van der Waals surface area contributed by atoms with Crippen molar-refractivity contribution in [3.63, 3.8) is 0 Å². The van der Waals surface area contributed by atoms with Gasteiger partial charge in [-0.15, -0.1) is 0 Å². The molecule has 1 aromatic rings. The maximum atomic E-state index is 12.6. The number of carbonyl (C=O) groups is 1. The van der Waals surface area contributed by atoms with E-state index in [9.17, 15) is 4.79 Å². The second-order valence-corrected chi connectivity index (χ2v) is 4.66. The quantitative estimate of drug-likeness (QED) is 0.710. The van der Waals surface area contributed by atoms with Gasteiger partial charge in [-0.1, -0.05) is 13.3 Å². The third kappa shape index (κ3) is 4.26. The Labute approximate surface area is 125 Å². The Hall–Kier alpha value is -1.95. The van der Waals surface area contributed by atoms with Crippen LogP contribution in [0.3, 0.4) is 0 Å². The number of aliphatic hydroxyl groups is 1. The van der Waals surface area contributed by atoms with Gasteiger partial charge in [0.05, 0.1) is 32.1 Å². The molecule has 0 spiro atoms. The highest BCUT2D eigenvalue weighted by Crippen LogP contribution is 2.31. The van der Waals surface area contributed by atoms with Crippen molar-refractivity contribution >= 4 is 11.6 Å². The smallest absolute Gasteiger partial charge is 0.256 e. The van der Waals surface area contributed by atoms with Gasteiger partial charge in [0.25, 0.3) is 5.91 Å². The van der Waals surface area contributed by atoms with E-state index >= 15 is 0 Å². The lowest BCUT2D eigenvalue weighted by atomic mass is 10.1. The number of rotatable bonds is 8. The molecule has 0 saturated carbocycles. The first kappa shape index (κ1) is 17.1. The van der Waals surface area contributed by atoms with E-state index in [-0.39, 0.29) is 24.7 Å². The van der Waals surface area contributed by atoms with Gasteiger partial charge in [-0.25, -0.2) is 0 Å². The van der Waals surface area contributed by atoms with Crippen LogP contribution in [-0.2, 0) is 0 Å². The minimum Gasteiger partial charge on any atom is -0.497 e. The zero-order valence-corrected chi connectivity index (χ0v) is 12.9. The van der Waals surface area contributed by atoms with E-state index in [4.69, 9.17) is 20.3 Å². The molecule has 0 fully saturated rings. The number of hydrogen-bond donors (Lipinski definition) is 2. The number of nitrogen functional groups attached to an aromatic ring is 1. The predicted molar refractivity (Wildman–Crippen MR) is 81.9 cm³/mol. The summed E-state index contributed by atoms with van der Waals surface area (Å²) in [5, 5.41) is 9.13. The largest absolute Gasteiger partial charge is 0.497 e. The first-order valence-corrected chi connectivity index (χ1v) is 7.00. The molecule has 6 nitrogen and oxygen atoms in total. The van der Waals surface area contributed by atoms with Crippen LogP contribution in [0.15, 0.2) is 12.1 Å². The average Bonchev–Trinajstić information content (AvgIpc) is 2.51. The van der Waals surface area contributed by atoms with Crippen molar-refractivity contribution in [1.29, 1.82) is 0 Å². The number of aliphatic hydroxyl groups excluding tert-OH is 1. The lowest BCUT2D eigenvalue weighted by Crippen LogP contribution is -2.35. The molecular weight excluding hydrogens is 272 g/mol. The number of benzene rings is 1. The van der Waals surface area contributed by atoms with Crippen molar-refractivity contribution in [1.82, 2.24) is 4.90 Å². The van der Waals surface area contributed by atoms with Crippen molar-refractivity contribution in [2.24, 2.45) is 0 Å². The Balaban J connectivity index is 3.13. The number of nitrogens with zero attached hydrogens (tertiary/aromatic N) is 1. The Morgan fingerprint density at radius 3 is 2.52 bits per heavy atom. The number of anilines is 1. The van der Waals surface area contributed by atoms with Crippen LogP contribution < -0.4 is 15.2 Å². The van der Waals surface area contributed by atoms with E-state index in [0.717, 1.165) is 12.8 Å². The molecule has 0 saturated heterocycles. The molecule has 0 aromatic heterocycles. The zero-order valence-electron chi connectivity index (χ0n) is 12.9. The molecule has 0 bridgehead atoms. The average molecular weight is 296 g/mol. The van der Waals surface area contributed by atoms with E-state index in [1.807, 2.05) is 6.92 Å². The lowest BCUT2D eigenvalue weighted by Gasteiger charge is -2.23. The molecule has 21 heavy (non-hydrogen) atoms. The molecule has 1 aromatic carbocycles. The van der Waals surface area contributed by atoms with Gasteiger partial charge in [-0.3, -0.25) is 4.79 Å². The summed E-state index contributed by atoms with van der Waals surface area (Å²) in [6.45, 7) is 2.81. The van der Waals surface area contributed by atoms with Gasteiger partial charge in [0, 0.05) is 19.2 Å². The van der Waals surface area contributed by atoms with E-state index < -0.39 is 0 Å². The molecule has 0 aliphatic heterocycles. The minimum absolute atomic E-state index is 0.0868. The van der Waals surface area contributed by atoms with Gasteiger partial charge >= 0.3 is 0 Å². The standard InChI is InChI=1S/C15H24N2O4/c1-4-5-6-17(7-8-18)15(19)12-9-11(20-2)10-13(21-3)14(12)16/h9-10,18H,4-8,16H2,1-3H3. The number of ether oxygens (including phenoxy) is 2. The highest BCUT2D eigenvalue weighted by molar-refractivity contribution is 6.01. The fourth-order valence-electron chi connectivity index (χ4n) is 2.02. The maximum absolute atomic E-state index is 12.6. The number of amides is 1. The minimum atomic E-state index is -0.229. The van der Waals surface area contributed by atoms with Crippen LogP contribution in [0.4, 0.5) is 5.69 Å². The van der Waals surface area contributed by atoms with Gasteiger partial charge in [-0.05, 0) is 12.5 Å². The number of carbonyl (C=O) groups excluding carboxylic acids is 1. The van der Waals surface area contributed by atoms with Crippen LogP contribution >= 0.6 is 0 Å². The summed E-state index contributed by atoms with van der Waals surface area (Å²) in [6.07, 6.45) is 1.83. The molecule has 1 rings (SSSR count). The summed E-state index contributed by atoms with van der Waals surface area (Å²) in [6, 6.07) is 3.23. The number of methoxy groups -OCH3 is 2. The van der Waals surface area contributed by atoms with Crippen molar-refractivity contribution in [3.8, 4) is 11.5 Å². The summed E-state index contributed by atoms with van der Waals surface area (Å²) in [7, 11) is 3.00. The Morgan fingerprint density at radius 1 is 1.29 bits per heavy atom. The molecule has 0 radical (unpaired) electrons. The van der Waals surface area contributed by atoms with E-state index in [1.165, 1.54) is 14.2 Å². The first-order chi connectivity index (χ1) is 10.1. The van der Waals surface area contributed by atoms with Crippen molar-refractivity contribution in [2.45, 2.75) is 19.8 Å². The van der Waals surface area contributed by atoms with Gasteiger partial charge in [0.1, 0.15) is 11.5 Å². The molecule has 6 heteroatoms. The fraction of sp³-hybridized carbons (Fsp3) is 0.533. The molecule has 0 heterocycles. The van der Waals surface area contributed by atoms with Gasteiger partial charge < -0.3 is 25.2 Å². The second kappa shape index (κ2) is 8.36. The van der Waals surface area contributed by atoms with Crippen LogP contribution in [0.25, 0.3) is 0 Å². The Bertz CT molecular complexity index is 477. The molecule has 118 valence electrons. The maximum Gasteiger partial charge on any atom is 0.256 e. The van der Waals surface area contributed by atoms with Crippen LogP contribution in [0, 0.1) is 0 Å². The van der Waals surface area contributed by atoms with E-state index in [0.29, 0.717) is 23.6 Å². The fourth-order valence-corrected chi connectivity index (χ4v) is 2.02. The van der Waals surface area contributed by atoms with E-state index in [1.54, 1.807) is 17.0 Å². The van der Waals surface area contributed by atoms with Gasteiger partial charge in [-0.2, -0.15) is 0 Å². The topological polar surface area (TPSA) is 85.0 Å². The highest BCUT2D eigenvalue weighted by Gasteiger charge is 2.21. The molecule has 0 aliphatic rings. The summed E-state index contributed by atoms with van der Waals surface area (Å²) in [5.41, 5.74) is 6.60. The SMILES string of the molecule is CCCCN(CCO)C(=O)c1cc(OC)cc(OC)c1N. The van der Waals surface area contributed by atoms with Gasteiger partial charge in [0.2, 0.25) is 0 Å². The summed E-state index contributed by atoms with van der Waals surface area (Å²) in [5.74, 6) is 0.674. The molecule has 3 N–H and O–H groups in total. The van der Waals surface area contributed by atoms with Crippen LogP contribution in [0.2, 0.25) is 0 Å². The third-order valence-corrected chi connectivity index (χ3v) is 3.24. The Morgan fingerprint density at radius 2 is 2.00 bits per heavy atom. The molecule has 0 unspecified atom stereocenters. The van der Waals surface area contributed by atoms with Crippen molar-refractivity contribution in [2.75, 3.05) is 39.6 Å². The lowest BCUT2D eigenvalue weighted by molar-refractivity contribution is 0.0720. The summed E-state index contributed by atoms with van der Waals surface area (Å²) in [4.78, 5) is 14.2. The predicted octanol–water partition coefficient (Wildman–Crippen LogP) is 1.52. The van der Waals surface area contributed by atoms with Crippen LogP contribution in [-0.4, -0.2) is 49.8 Å². The second-order valence-electron chi connectivity index (χ2n) is 4.66. The van der Waals surface area contributed by atoms with Crippen LogP contribution in [0.5, 0.6) is 11.5 Å². The monoisotopic (exact) mass is 296 g/mol. The number of unbranched alkanes of at least 4 members (excludes halogenated alkanes) is 1. The molecule has 0 atom stereocenters. The third-order valence-electron chi connectivity index (χ3n) is 3.24. The molecule has 1 amide bonds. The normalized spacial score (nSPS) is 10.3. The first-order valence-electron chi connectivity index (χ1n) is 7.00. The molecule has 0 aliphatic carbocycles. The van der Waals surface area contributed by atoms with Gasteiger partial charge in [0.15, 0.2) is 0 Å². The number of nitrogens with two attached hydrogens (primary N) is 1. The van der Waals surface area contributed by atoms with Crippen LogP contribution in [0.1, 0.15) is 30.1 Å². The Kier molecular flexibility index (Phi) is 6.81. The highest BCUT2D eigenvalue weighted by atomic mass is 16.5. The molecular formula is C15H24N2O4. The summed E-state index contributed by atoms with van der Waals surface area (Å²) < 4.78 is 10.3. The van der Waals surface area contributed by atoms with Crippen molar-refractivity contribution < 1.29 is 19.4 Å². The van der Waals surface area contributed by atoms with Crippen molar-refractivity contribution in [3.05, 3.63) is 17.7 Å². The number of hydrogen-bond acceptors (Lipinski definition) is 5. The summed E-state index contributed by atoms with van der Waals surface area (Å²) >= 11 is 0. The van der Waals surface area contributed by atoms with E-state index in [2.05, 4.69) is 0 Å². The zero-order chi connectivity index (χ0) is 15.8.